The van der Waals surface area contributed by atoms with Gasteiger partial charge in [0.25, 0.3) is 0 Å². The Hall–Kier alpha value is -2.59. The van der Waals surface area contributed by atoms with E-state index in [4.69, 9.17) is 4.74 Å². The third kappa shape index (κ3) is 4.40. The number of nitrogens with zero attached hydrogens (tertiary/aromatic N) is 2. The monoisotopic (exact) mass is 361 g/mol. The van der Waals surface area contributed by atoms with Crippen LogP contribution in [0.3, 0.4) is 0 Å². The zero-order valence-electron chi connectivity index (χ0n) is 15.9. The van der Waals surface area contributed by atoms with Crippen LogP contribution in [-0.4, -0.2) is 36.6 Å². The quantitative estimate of drug-likeness (QED) is 0.698. The Kier molecular flexibility index (Phi) is 5.54. The highest BCUT2D eigenvalue weighted by Crippen LogP contribution is 2.28. The molecule has 2 heterocycles. The first-order valence-corrected chi connectivity index (χ1v) is 9.75. The summed E-state index contributed by atoms with van der Waals surface area (Å²) in [5, 5.41) is 4.74. The van der Waals surface area contributed by atoms with Crippen LogP contribution in [0, 0.1) is 5.92 Å². The maximum atomic E-state index is 5.45. The number of fused-ring (bicyclic) bond motifs is 1. The molecule has 0 bridgehead atoms. The van der Waals surface area contributed by atoms with Crippen LogP contribution in [0.2, 0.25) is 0 Å². The second-order valence-electron chi connectivity index (χ2n) is 7.34. The summed E-state index contributed by atoms with van der Waals surface area (Å²) >= 11 is 0. The average Bonchev–Trinajstić information content (AvgIpc) is 2.73. The molecule has 0 aliphatic carbocycles. The predicted molar refractivity (Wildman–Crippen MR) is 111 cm³/mol. The van der Waals surface area contributed by atoms with Crippen molar-refractivity contribution < 1.29 is 4.74 Å². The average molecular weight is 361 g/mol. The minimum atomic E-state index is 0.696. The molecule has 0 amide bonds. The van der Waals surface area contributed by atoms with Crippen molar-refractivity contribution in [1.82, 2.24) is 9.88 Å². The molecule has 1 aliphatic rings. The van der Waals surface area contributed by atoms with Crippen LogP contribution >= 0.6 is 0 Å². The van der Waals surface area contributed by atoms with E-state index in [1.54, 1.807) is 7.11 Å². The van der Waals surface area contributed by atoms with Crippen molar-refractivity contribution in [2.75, 3.05) is 32.1 Å². The molecule has 4 nitrogen and oxygen atoms in total. The summed E-state index contributed by atoms with van der Waals surface area (Å²) in [4.78, 5) is 7.12. The molecule has 1 fully saturated rings. The van der Waals surface area contributed by atoms with Gasteiger partial charge in [-0.25, -0.2) is 0 Å². The molecule has 1 saturated heterocycles. The first-order chi connectivity index (χ1) is 13.3. The summed E-state index contributed by atoms with van der Waals surface area (Å²) in [5.74, 6) is 1.57. The van der Waals surface area contributed by atoms with E-state index in [-0.39, 0.29) is 0 Å². The van der Waals surface area contributed by atoms with E-state index < -0.39 is 0 Å². The van der Waals surface area contributed by atoms with Gasteiger partial charge in [0.2, 0.25) is 0 Å². The number of methoxy groups -OCH3 is 1. The largest absolute Gasteiger partial charge is 0.497 e. The molecule has 1 aromatic heterocycles. The number of hydrogen-bond acceptors (Lipinski definition) is 4. The highest BCUT2D eigenvalue weighted by Gasteiger charge is 2.19. The van der Waals surface area contributed by atoms with Gasteiger partial charge < -0.3 is 10.1 Å². The van der Waals surface area contributed by atoms with E-state index in [2.05, 4.69) is 57.7 Å². The lowest BCUT2D eigenvalue weighted by Gasteiger charge is -2.32. The Balaban J connectivity index is 1.34. The number of aromatic nitrogens is 1. The fraction of sp³-hybridized carbons (Fsp3) is 0.348. The minimum absolute atomic E-state index is 0.696. The van der Waals surface area contributed by atoms with Gasteiger partial charge in [0.1, 0.15) is 5.75 Å². The third-order valence-electron chi connectivity index (χ3n) is 5.45. The fourth-order valence-corrected chi connectivity index (χ4v) is 3.86. The number of ether oxygens (including phenoxy) is 1. The molecule has 1 aliphatic heterocycles. The SMILES string of the molecule is COc1cc(NCC2CCN(Cc3ccccc3)CC2)c2ncccc2c1. The maximum Gasteiger partial charge on any atom is 0.121 e. The molecule has 2 aromatic carbocycles. The molecule has 3 aromatic rings. The highest BCUT2D eigenvalue weighted by atomic mass is 16.5. The van der Waals surface area contributed by atoms with Crippen molar-refractivity contribution in [3.05, 3.63) is 66.4 Å². The molecule has 1 N–H and O–H groups in total. The Bertz CT molecular complexity index is 873. The van der Waals surface area contributed by atoms with Gasteiger partial charge in [0.05, 0.1) is 18.3 Å². The summed E-state index contributed by atoms with van der Waals surface area (Å²) in [6.45, 7) is 4.38. The zero-order chi connectivity index (χ0) is 18.5. The van der Waals surface area contributed by atoms with E-state index in [1.807, 2.05) is 18.3 Å². The fourth-order valence-electron chi connectivity index (χ4n) is 3.86. The lowest BCUT2D eigenvalue weighted by Crippen LogP contribution is -2.35. The van der Waals surface area contributed by atoms with Gasteiger partial charge >= 0.3 is 0 Å². The van der Waals surface area contributed by atoms with Gasteiger partial charge in [-0.15, -0.1) is 0 Å². The highest BCUT2D eigenvalue weighted by molar-refractivity contribution is 5.91. The molecule has 0 radical (unpaired) electrons. The minimum Gasteiger partial charge on any atom is -0.497 e. The molecular formula is C23H27N3O. The van der Waals surface area contributed by atoms with Crippen LogP contribution in [0.25, 0.3) is 10.9 Å². The van der Waals surface area contributed by atoms with Crippen LogP contribution in [0.5, 0.6) is 5.75 Å². The van der Waals surface area contributed by atoms with E-state index in [0.717, 1.165) is 35.4 Å². The van der Waals surface area contributed by atoms with Crippen molar-refractivity contribution in [2.45, 2.75) is 19.4 Å². The summed E-state index contributed by atoms with van der Waals surface area (Å²) in [6.07, 6.45) is 4.31. The van der Waals surface area contributed by atoms with Crippen molar-refractivity contribution >= 4 is 16.6 Å². The summed E-state index contributed by atoms with van der Waals surface area (Å²) < 4.78 is 5.45. The number of hydrogen-bond donors (Lipinski definition) is 1. The first-order valence-electron chi connectivity index (χ1n) is 9.75. The molecule has 4 heteroatoms. The number of piperidine rings is 1. The smallest absolute Gasteiger partial charge is 0.121 e. The Morgan fingerprint density at radius 2 is 1.89 bits per heavy atom. The number of anilines is 1. The second kappa shape index (κ2) is 8.40. The lowest BCUT2D eigenvalue weighted by molar-refractivity contribution is 0.182. The molecule has 0 atom stereocenters. The van der Waals surface area contributed by atoms with Gasteiger partial charge in [-0.05, 0) is 49.5 Å². The Labute approximate surface area is 161 Å². The molecule has 140 valence electrons. The first kappa shape index (κ1) is 17.8. The van der Waals surface area contributed by atoms with E-state index in [9.17, 15) is 0 Å². The molecule has 27 heavy (non-hydrogen) atoms. The van der Waals surface area contributed by atoms with Gasteiger partial charge in [0.15, 0.2) is 0 Å². The van der Waals surface area contributed by atoms with Gasteiger partial charge in [-0.3, -0.25) is 9.88 Å². The van der Waals surface area contributed by atoms with E-state index in [0.29, 0.717) is 5.92 Å². The molecule has 0 unspecified atom stereocenters. The summed E-state index contributed by atoms with van der Waals surface area (Å²) in [7, 11) is 1.71. The van der Waals surface area contributed by atoms with E-state index in [1.165, 1.54) is 31.5 Å². The summed E-state index contributed by atoms with van der Waals surface area (Å²) in [5.41, 5.74) is 3.49. The van der Waals surface area contributed by atoms with Crippen LogP contribution in [0.15, 0.2) is 60.8 Å². The van der Waals surface area contributed by atoms with Crippen LogP contribution in [0.4, 0.5) is 5.69 Å². The van der Waals surface area contributed by atoms with Gasteiger partial charge in [-0.1, -0.05) is 36.4 Å². The number of benzene rings is 2. The van der Waals surface area contributed by atoms with Crippen molar-refractivity contribution in [3.63, 3.8) is 0 Å². The van der Waals surface area contributed by atoms with Crippen LogP contribution < -0.4 is 10.1 Å². The molecule has 0 saturated carbocycles. The van der Waals surface area contributed by atoms with E-state index >= 15 is 0 Å². The third-order valence-corrected chi connectivity index (χ3v) is 5.45. The van der Waals surface area contributed by atoms with Crippen LogP contribution in [-0.2, 0) is 6.54 Å². The molecule has 4 rings (SSSR count). The van der Waals surface area contributed by atoms with Gasteiger partial charge in [-0.2, -0.15) is 0 Å². The zero-order valence-corrected chi connectivity index (χ0v) is 15.9. The number of rotatable bonds is 6. The van der Waals surface area contributed by atoms with Crippen molar-refractivity contribution in [3.8, 4) is 5.75 Å². The predicted octanol–water partition coefficient (Wildman–Crippen LogP) is 4.57. The second-order valence-corrected chi connectivity index (χ2v) is 7.34. The molecule has 0 spiro atoms. The Morgan fingerprint density at radius 1 is 1.07 bits per heavy atom. The topological polar surface area (TPSA) is 37.4 Å². The standard InChI is InChI=1S/C23H27N3O/c1-27-21-14-20-8-5-11-24-23(20)22(15-21)25-16-18-9-12-26(13-10-18)17-19-6-3-2-4-7-19/h2-8,11,14-15,18,25H,9-10,12-13,16-17H2,1H3. The Morgan fingerprint density at radius 3 is 2.67 bits per heavy atom. The normalized spacial score (nSPS) is 15.7. The van der Waals surface area contributed by atoms with Gasteiger partial charge in [0, 0.05) is 30.7 Å². The van der Waals surface area contributed by atoms with Crippen LogP contribution in [0.1, 0.15) is 18.4 Å². The van der Waals surface area contributed by atoms with Crippen molar-refractivity contribution in [1.29, 1.82) is 0 Å². The molecular weight excluding hydrogens is 334 g/mol. The number of nitrogens with one attached hydrogen (secondary N) is 1. The van der Waals surface area contributed by atoms with Crippen molar-refractivity contribution in [2.24, 2.45) is 5.92 Å². The summed E-state index contributed by atoms with van der Waals surface area (Å²) in [6, 6.07) is 18.9. The lowest BCUT2D eigenvalue weighted by atomic mass is 9.96. The maximum absolute atomic E-state index is 5.45. The number of likely N-dealkylation sites (tertiary alicyclic amines) is 1. The number of pyridine rings is 1.